The molecule has 1 saturated heterocycles. The number of carboxylic acid groups (broad SMARTS) is 1. The number of aromatic carboxylic acids is 1. The van der Waals surface area contributed by atoms with Crippen LogP contribution >= 0.6 is 0 Å². The first-order valence-electron chi connectivity index (χ1n) is 5.01. The van der Waals surface area contributed by atoms with E-state index in [2.05, 4.69) is 6.92 Å². The van der Waals surface area contributed by atoms with E-state index in [0.717, 1.165) is 6.61 Å². The van der Waals surface area contributed by atoms with Crippen LogP contribution in [0.5, 0.6) is 0 Å². The molecular formula is C11H13NO5. The molecule has 0 spiro atoms. The normalized spacial score (nSPS) is 16.7. The van der Waals surface area contributed by atoms with E-state index in [4.69, 9.17) is 9.84 Å². The molecule has 1 aromatic rings. The number of nitro benzene ring substituents is 1. The molecule has 1 heterocycles. The lowest BCUT2D eigenvalue weighted by atomic mass is 10.1. The van der Waals surface area contributed by atoms with Gasteiger partial charge in [-0.15, -0.1) is 0 Å². The van der Waals surface area contributed by atoms with Crippen LogP contribution in [0.15, 0.2) is 18.2 Å². The zero-order valence-electron chi connectivity index (χ0n) is 9.54. The average Bonchev–Trinajstić information content (AvgIpc) is 3.00. The number of aryl methyl sites for hydroxylation is 1. The summed E-state index contributed by atoms with van der Waals surface area (Å²) in [7, 11) is 0. The first kappa shape index (κ1) is 13.1. The third-order valence-electron chi connectivity index (χ3n) is 2.15. The third kappa shape index (κ3) is 4.20. The average molecular weight is 239 g/mol. The number of non-ortho nitro benzene ring substituents is 1. The van der Waals surface area contributed by atoms with Crippen molar-refractivity contribution >= 4 is 11.7 Å². The molecule has 0 radical (unpaired) electrons. The second-order valence-corrected chi connectivity index (χ2v) is 3.71. The van der Waals surface area contributed by atoms with Gasteiger partial charge in [-0.2, -0.15) is 0 Å². The molecule has 1 fully saturated rings. The predicted molar refractivity (Wildman–Crippen MR) is 60.2 cm³/mol. The number of ether oxygens (including phenoxy) is 1. The van der Waals surface area contributed by atoms with Crippen LogP contribution in [-0.4, -0.2) is 28.7 Å². The van der Waals surface area contributed by atoms with E-state index in [9.17, 15) is 14.9 Å². The van der Waals surface area contributed by atoms with Gasteiger partial charge in [-0.3, -0.25) is 10.1 Å². The molecule has 1 atom stereocenters. The van der Waals surface area contributed by atoms with Crippen molar-refractivity contribution in [2.24, 2.45) is 0 Å². The number of hydrogen-bond donors (Lipinski definition) is 1. The Labute approximate surface area is 98.0 Å². The van der Waals surface area contributed by atoms with Gasteiger partial charge in [0.1, 0.15) is 0 Å². The minimum absolute atomic E-state index is 0.0885. The third-order valence-corrected chi connectivity index (χ3v) is 2.15. The lowest BCUT2D eigenvalue weighted by Crippen LogP contribution is -2.00. The van der Waals surface area contributed by atoms with Gasteiger partial charge < -0.3 is 9.84 Å². The molecule has 17 heavy (non-hydrogen) atoms. The molecule has 92 valence electrons. The molecule has 1 aromatic carbocycles. The van der Waals surface area contributed by atoms with Crippen LogP contribution < -0.4 is 0 Å². The van der Waals surface area contributed by atoms with E-state index in [1.807, 2.05) is 0 Å². The van der Waals surface area contributed by atoms with Crippen LogP contribution in [0.25, 0.3) is 0 Å². The largest absolute Gasteiger partial charge is 0.478 e. The summed E-state index contributed by atoms with van der Waals surface area (Å²) in [6.45, 7) is 4.57. The minimum Gasteiger partial charge on any atom is -0.478 e. The summed E-state index contributed by atoms with van der Waals surface area (Å²) >= 11 is 0. The van der Waals surface area contributed by atoms with Gasteiger partial charge in [-0.05, 0) is 25.5 Å². The molecule has 2 rings (SSSR count). The Balaban J connectivity index is 0.000000302. The van der Waals surface area contributed by atoms with E-state index in [0.29, 0.717) is 11.7 Å². The Morgan fingerprint density at radius 2 is 2.12 bits per heavy atom. The molecule has 0 saturated carbocycles. The molecule has 0 aromatic heterocycles. The summed E-state index contributed by atoms with van der Waals surface area (Å²) in [6, 6.07) is 3.65. The van der Waals surface area contributed by atoms with Crippen molar-refractivity contribution in [2.75, 3.05) is 6.61 Å². The van der Waals surface area contributed by atoms with Gasteiger partial charge in [0.25, 0.3) is 5.69 Å². The molecule has 1 aliphatic heterocycles. The number of hydrogen-bond acceptors (Lipinski definition) is 4. The lowest BCUT2D eigenvalue weighted by Gasteiger charge is -1.98. The Morgan fingerprint density at radius 3 is 2.41 bits per heavy atom. The Bertz CT molecular complexity index is 439. The van der Waals surface area contributed by atoms with Crippen LogP contribution in [0.3, 0.4) is 0 Å². The van der Waals surface area contributed by atoms with Gasteiger partial charge in [-0.1, -0.05) is 0 Å². The first-order valence-corrected chi connectivity index (χ1v) is 5.01. The van der Waals surface area contributed by atoms with E-state index in [1.54, 1.807) is 0 Å². The molecule has 0 bridgehead atoms. The van der Waals surface area contributed by atoms with Crippen LogP contribution in [0, 0.1) is 17.0 Å². The number of carbonyl (C=O) groups is 1. The van der Waals surface area contributed by atoms with Gasteiger partial charge in [0.05, 0.1) is 23.2 Å². The van der Waals surface area contributed by atoms with E-state index in [1.165, 1.54) is 25.1 Å². The Hall–Kier alpha value is -1.95. The number of carboxylic acids is 1. The minimum atomic E-state index is -1.08. The number of rotatable bonds is 2. The fraction of sp³-hybridized carbons (Fsp3) is 0.364. The van der Waals surface area contributed by atoms with Gasteiger partial charge in [-0.25, -0.2) is 4.79 Å². The van der Waals surface area contributed by atoms with Crippen molar-refractivity contribution in [3.8, 4) is 0 Å². The highest BCUT2D eigenvalue weighted by Crippen LogP contribution is 2.16. The second kappa shape index (κ2) is 5.40. The van der Waals surface area contributed by atoms with Crippen molar-refractivity contribution in [1.29, 1.82) is 0 Å². The van der Waals surface area contributed by atoms with Gasteiger partial charge >= 0.3 is 5.97 Å². The fourth-order valence-electron chi connectivity index (χ4n) is 1.10. The van der Waals surface area contributed by atoms with E-state index < -0.39 is 10.9 Å². The highest BCUT2D eigenvalue weighted by molar-refractivity contribution is 5.89. The maximum Gasteiger partial charge on any atom is 0.335 e. The highest BCUT2D eigenvalue weighted by atomic mass is 16.6. The zero-order chi connectivity index (χ0) is 13.0. The van der Waals surface area contributed by atoms with Crippen LogP contribution in [0.1, 0.15) is 22.8 Å². The molecular weight excluding hydrogens is 226 g/mol. The summed E-state index contributed by atoms with van der Waals surface area (Å²) in [6.07, 6.45) is 0.583. The summed E-state index contributed by atoms with van der Waals surface area (Å²) in [4.78, 5) is 20.3. The van der Waals surface area contributed by atoms with Gasteiger partial charge in [0.2, 0.25) is 0 Å². The van der Waals surface area contributed by atoms with Crippen molar-refractivity contribution in [2.45, 2.75) is 20.0 Å². The maximum absolute atomic E-state index is 10.5. The van der Waals surface area contributed by atoms with Crippen molar-refractivity contribution in [3.05, 3.63) is 39.4 Å². The topological polar surface area (TPSA) is 93.0 Å². The molecule has 6 nitrogen and oxygen atoms in total. The summed E-state index contributed by atoms with van der Waals surface area (Å²) < 4.78 is 4.71. The van der Waals surface area contributed by atoms with E-state index >= 15 is 0 Å². The van der Waals surface area contributed by atoms with Gasteiger partial charge in [0.15, 0.2) is 0 Å². The number of benzene rings is 1. The van der Waals surface area contributed by atoms with Crippen molar-refractivity contribution in [1.82, 2.24) is 0 Å². The number of nitrogens with zero attached hydrogens (tertiary/aromatic N) is 1. The molecule has 6 heteroatoms. The number of epoxide rings is 1. The molecule has 1 aliphatic rings. The summed E-state index contributed by atoms with van der Waals surface area (Å²) in [5, 5.41) is 18.9. The molecule has 1 N–H and O–H groups in total. The SMILES string of the molecule is C[C@H]1CO1.Cc1cc([N+](=O)[O-])ccc1C(=O)O. The first-order chi connectivity index (χ1) is 7.91. The molecule has 0 amide bonds. The van der Waals surface area contributed by atoms with E-state index in [-0.39, 0.29) is 11.3 Å². The lowest BCUT2D eigenvalue weighted by molar-refractivity contribution is -0.384. The highest BCUT2D eigenvalue weighted by Gasteiger charge is 2.13. The zero-order valence-corrected chi connectivity index (χ0v) is 9.54. The smallest absolute Gasteiger partial charge is 0.335 e. The van der Waals surface area contributed by atoms with Crippen molar-refractivity contribution in [3.63, 3.8) is 0 Å². The Morgan fingerprint density at radius 1 is 1.59 bits per heavy atom. The summed E-state index contributed by atoms with van der Waals surface area (Å²) in [5.41, 5.74) is 0.384. The monoisotopic (exact) mass is 239 g/mol. The predicted octanol–water partition coefficient (Wildman–Crippen LogP) is 2.01. The molecule has 0 aliphatic carbocycles. The second-order valence-electron chi connectivity index (χ2n) is 3.71. The standard InChI is InChI=1S/C8H7NO4.C3H6O/c1-5-4-6(9(12)13)2-3-7(5)8(10)11;1-3-2-4-3/h2-4H,1H3,(H,10,11);3H,2H2,1H3/t;3-/m.0/s1. The van der Waals surface area contributed by atoms with Gasteiger partial charge in [0, 0.05) is 12.1 Å². The Kier molecular flexibility index (Phi) is 4.17. The maximum atomic E-state index is 10.5. The van der Waals surface area contributed by atoms with Crippen LogP contribution in [0.2, 0.25) is 0 Å². The van der Waals surface area contributed by atoms with Crippen molar-refractivity contribution < 1.29 is 19.6 Å². The fourth-order valence-corrected chi connectivity index (χ4v) is 1.10. The van der Waals surface area contributed by atoms with Crippen LogP contribution in [-0.2, 0) is 4.74 Å². The van der Waals surface area contributed by atoms with Crippen LogP contribution in [0.4, 0.5) is 5.69 Å². The quantitative estimate of drug-likeness (QED) is 0.484. The number of nitro groups is 1. The molecule has 0 unspecified atom stereocenters. The summed E-state index contributed by atoms with van der Waals surface area (Å²) in [5.74, 6) is -1.08.